The average Bonchev–Trinajstić information content (AvgIpc) is 2.72. The minimum absolute atomic E-state index is 0.368. The van der Waals surface area contributed by atoms with Gasteiger partial charge in [0, 0.05) is 11.4 Å². The second-order valence-electron chi connectivity index (χ2n) is 5.59. The van der Waals surface area contributed by atoms with E-state index in [-0.39, 0.29) is 0 Å². The lowest BCUT2D eigenvalue weighted by atomic mass is 10.1. The first-order chi connectivity index (χ1) is 10.2. The Hall–Kier alpha value is -1.24. The Kier molecular flexibility index (Phi) is 5.04. The molecule has 0 saturated heterocycles. The summed E-state index contributed by atoms with van der Waals surface area (Å²) < 4.78 is 27.6. The van der Waals surface area contributed by atoms with Crippen molar-refractivity contribution in [2.24, 2.45) is 0 Å². The maximum absolute atomic E-state index is 12.5. The second kappa shape index (κ2) is 6.48. The summed E-state index contributed by atoms with van der Waals surface area (Å²) in [5.41, 5.74) is 3.86. The van der Waals surface area contributed by atoms with Gasteiger partial charge in [-0.2, -0.15) is 0 Å². The normalized spacial score (nSPS) is 11.9. The van der Waals surface area contributed by atoms with E-state index in [4.69, 9.17) is 0 Å². The molecule has 0 unspecified atom stereocenters. The fourth-order valence-corrected chi connectivity index (χ4v) is 4.68. The van der Waals surface area contributed by atoms with Crippen molar-refractivity contribution in [1.82, 2.24) is 9.71 Å². The van der Waals surface area contributed by atoms with Gasteiger partial charge in [0.25, 0.3) is 0 Å². The van der Waals surface area contributed by atoms with Gasteiger partial charge in [-0.25, -0.2) is 18.1 Å². The number of benzene rings is 1. The minimum Gasteiger partial charge on any atom is -0.247 e. The molecule has 6 heteroatoms. The standard InChI is InChI=1S/C16H22N2O2S2/c1-10-8-12(3)16(9-11(10)2)22(19,20)17-7-6-15-13(4)18-14(5)21-15/h8-9,17H,6-7H2,1-5H3. The molecule has 1 aromatic heterocycles. The Bertz CT molecular complexity index is 793. The summed E-state index contributed by atoms with van der Waals surface area (Å²) >= 11 is 1.62. The monoisotopic (exact) mass is 338 g/mol. The highest BCUT2D eigenvalue weighted by atomic mass is 32.2. The number of nitrogens with one attached hydrogen (secondary N) is 1. The van der Waals surface area contributed by atoms with Gasteiger partial charge in [0.05, 0.1) is 15.6 Å². The number of rotatable bonds is 5. The molecule has 1 aromatic carbocycles. The van der Waals surface area contributed by atoms with Gasteiger partial charge in [0.15, 0.2) is 0 Å². The van der Waals surface area contributed by atoms with E-state index in [0.717, 1.165) is 32.3 Å². The van der Waals surface area contributed by atoms with Gasteiger partial charge in [0.1, 0.15) is 0 Å². The van der Waals surface area contributed by atoms with Gasteiger partial charge in [-0.15, -0.1) is 11.3 Å². The smallest absolute Gasteiger partial charge is 0.240 e. The summed E-state index contributed by atoms with van der Waals surface area (Å²) in [7, 11) is -3.47. The Morgan fingerprint density at radius 1 is 1.05 bits per heavy atom. The largest absolute Gasteiger partial charge is 0.247 e. The number of thiazole rings is 1. The summed E-state index contributed by atoms with van der Waals surface area (Å²) in [6, 6.07) is 3.66. The molecule has 120 valence electrons. The lowest BCUT2D eigenvalue weighted by molar-refractivity contribution is 0.581. The van der Waals surface area contributed by atoms with E-state index in [0.29, 0.717) is 17.9 Å². The fourth-order valence-electron chi connectivity index (χ4n) is 2.41. The highest BCUT2D eigenvalue weighted by Gasteiger charge is 2.17. The van der Waals surface area contributed by atoms with Crippen molar-refractivity contribution in [3.05, 3.63) is 44.4 Å². The van der Waals surface area contributed by atoms with Crippen LogP contribution in [0.15, 0.2) is 17.0 Å². The molecule has 2 rings (SSSR count). The number of aromatic nitrogens is 1. The van der Waals surface area contributed by atoms with Gasteiger partial charge >= 0.3 is 0 Å². The van der Waals surface area contributed by atoms with Gasteiger partial charge in [-0.3, -0.25) is 0 Å². The number of hydrogen-bond donors (Lipinski definition) is 1. The third-order valence-corrected chi connectivity index (χ3v) is 6.46. The third-order valence-electron chi connectivity index (χ3n) is 3.72. The Morgan fingerprint density at radius 3 is 2.27 bits per heavy atom. The van der Waals surface area contributed by atoms with Crippen molar-refractivity contribution >= 4 is 21.4 Å². The number of sulfonamides is 1. The van der Waals surface area contributed by atoms with Crippen molar-refractivity contribution in [1.29, 1.82) is 0 Å². The molecule has 0 radical (unpaired) electrons. The van der Waals surface area contributed by atoms with Crippen molar-refractivity contribution in [3.8, 4) is 0 Å². The zero-order valence-corrected chi connectivity index (χ0v) is 15.3. The topological polar surface area (TPSA) is 59.1 Å². The van der Waals surface area contributed by atoms with Crippen LogP contribution in [0.5, 0.6) is 0 Å². The molecule has 0 aliphatic rings. The molecule has 4 nitrogen and oxygen atoms in total. The van der Waals surface area contributed by atoms with Gasteiger partial charge < -0.3 is 0 Å². The van der Waals surface area contributed by atoms with E-state index < -0.39 is 10.0 Å². The quantitative estimate of drug-likeness (QED) is 0.911. The van der Waals surface area contributed by atoms with Gasteiger partial charge in [0.2, 0.25) is 10.0 Å². The molecule has 0 aliphatic heterocycles. The summed E-state index contributed by atoms with van der Waals surface area (Å²) in [5, 5.41) is 1.01. The SMILES string of the molecule is Cc1nc(C)c(CCNS(=O)(=O)c2cc(C)c(C)cc2C)s1. The Labute approximate surface area is 136 Å². The summed E-state index contributed by atoms with van der Waals surface area (Å²) in [4.78, 5) is 5.87. The van der Waals surface area contributed by atoms with Crippen LogP contribution in [0.1, 0.15) is 32.3 Å². The van der Waals surface area contributed by atoms with Gasteiger partial charge in [-0.1, -0.05) is 6.07 Å². The van der Waals surface area contributed by atoms with E-state index in [1.807, 2.05) is 40.7 Å². The van der Waals surface area contributed by atoms with Crippen LogP contribution < -0.4 is 4.72 Å². The number of hydrogen-bond acceptors (Lipinski definition) is 4. The van der Waals surface area contributed by atoms with E-state index >= 15 is 0 Å². The Morgan fingerprint density at radius 2 is 1.68 bits per heavy atom. The highest BCUT2D eigenvalue weighted by Crippen LogP contribution is 2.21. The van der Waals surface area contributed by atoms with Crippen molar-refractivity contribution in [2.45, 2.75) is 45.9 Å². The van der Waals surface area contributed by atoms with Crippen LogP contribution in [0.25, 0.3) is 0 Å². The van der Waals surface area contributed by atoms with E-state index in [2.05, 4.69) is 9.71 Å². The van der Waals surface area contributed by atoms with E-state index in [1.54, 1.807) is 17.4 Å². The van der Waals surface area contributed by atoms with Crippen LogP contribution in [0.2, 0.25) is 0 Å². The van der Waals surface area contributed by atoms with Crippen LogP contribution in [0.4, 0.5) is 0 Å². The zero-order valence-electron chi connectivity index (χ0n) is 13.6. The minimum atomic E-state index is -3.47. The molecule has 1 N–H and O–H groups in total. The second-order valence-corrected chi connectivity index (χ2v) is 8.61. The molecule has 0 bridgehead atoms. The lowest BCUT2D eigenvalue weighted by Gasteiger charge is -2.11. The molecule has 0 aliphatic carbocycles. The van der Waals surface area contributed by atoms with Crippen LogP contribution in [0, 0.1) is 34.6 Å². The first-order valence-electron chi connectivity index (χ1n) is 7.21. The molecule has 0 saturated carbocycles. The van der Waals surface area contributed by atoms with Crippen LogP contribution in [0.3, 0.4) is 0 Å². The molecule has 22 heavy (non-hydrogen) atoms. The molecule has 0 fully saturated rings. The summed E-state index contributed by atoms with van der Waals surface area (Å²) in [6.45, 7) is 10.1. The maximum Gasteiger partial charge on any atom is 0.240 e. The molecule has 0 atom stereocenters. The fraction of sp³-hybridized carbons (Fsp3) is 0.438. The van der Waals surface area contributed by atoms with Crippen LogP contribution in [-0.4, -0.2) is 19.9 Å². The zero-order chi connectivity index (χ0) is 16.5. The summed E-state index contributed by atoms with van der Waals surface area (Å²) in [6.07, 6.45) is 0.667. The molecular formula is C16H22N2O2S2. The van der Waals surface area contributed by atoms with Crippen molar-refractivity contribution in [3.63, 3.8) is 0 Å². The van der Waals surface area contributed by atoms with Crippen molar-refractivity contribution in [2.75, 3.05) is 6.54 Å². The average molecular weight is 338 g/mol. The lowest BCUT2D eigenvalue weighted by Crippen LogP contribution is -2.26. The van der Waals surface area contributed by atoms with Crippen LogP contribution in [-0.2, 0) is 16.4 Å². The summed E-state index contributed by atoms with van der Waals surface area (Å²) in [5.74, 6) is 0. The Balaban J connectivity index is 2.12. The third kappa shape index (κ3) is 3.74. The predicted octanol–water partition coefficient (Wildman–Crippen LogP) is 3.21. The number of aryl methyl sites for hydroxylation is 5. The predicted molar refractivity (Wildman–Crippen MR) is 91.1 cm³/mol. The molecule has 0 amide bonds. The first-order valence-corrected chi connectivity index (χ1v) is 9.51. The number of nitrogens with zero attached hydrogens (tertiary/aromatic N) is 1. The van der Waals surface area contributed by atoms with Gasteiger partial charge in [-0.05, 0) is 63.8 Å². The van der Waals surface area contributed by atoms with Crippen molar-refractivity contribution < 1.29 is 8.42 Å². The van der Waals surface area contributed by atoms with E-state index in [1.165, 1.54) is 0 Å². The molecule has 0 spiro atoms. The highest BCUT2D eigenvalue weighted by molar-refractivity contribution is 7.89. The van der Waals surface area contributed by atoms with Crippen LogP contribution >= 0.6 is 11.3 Å². The molecule has 1 heterocycles. The molecular weight excluding hydrogens is 316 g/mol. The van der Waals surface area contributed by atoms with E-state index in [9.17, 15) is 8.42 Å². The first kappa shape index (κ1) is 17.1. The molecule has 2 aromatic rings. The maximum atomic E-state index is 12.5.